The van der Waals surface area contributed by atoms with Crippen molar-refractivity contribution in [2.24, 2.45) is 0 Å². The Kier molecular flexibility index (Phi) is 3.46. The van der Waals surface area contributed by atoms with Crippen LogP contribution in [0.2, 0.25) is 10.0 Å². The quantitative estimate of drug-likeness (QED) is 0.672. The summed E-state index contributed by atoms with van der Waals surface area (Å²) in [5.41, 5.74) is 2.46. The van der Waals surface area contributed by atoms with Crippen LogP contribution in [0.25, 0.3) is 16.7 Å². The number of hydrogen-bond donors (Lipinski definition) is 1. The van der Waals surface area contributed by atoms with E-state index < -0.39 is 0 Å². The Hall–Kier alpha value is -1.49. The summed E-state index contributed by atoms with van der Waals surface area (Å²) < 4.78 is 7.72. The number of fused-ring (bicyclic) bond motifs is 1. The molecule has 20 heavy (non-hydrogen) atoms. The first-order valence-electron chi connectivity index (χ1n) is 5.85. The molecule has 1 heterocycles. The molecule has 102 valence electrons. The van der Waals surface area contributed by atoms with Gasteiger partial charge < -0.3 is 9.72 Å². The number of halogens is 2. The lowest BCUT2D eigenvalue weighted by atomic mass is 10.2. The zero-order chi connectivity index (χ0) is 14.3. The number of nitrogens with one attached hydrogen (secondary N) is 1. The van der Waals surface area contributed by atoms with Crippen molar-refractivity contribution in [1.29, 1.82) is 0 Å². The van der Waals surface area contributed by atoms with Gasteiger partial charge >= 0.3 is 0 Å². The number of imidazole rings is 1. The largest absolute Gasteiger partial charge is 0.494 e. The van der Waals surface area contributed by atoms with Gasteiger partial charge in [0.15, 0.2) is 4.77 Å². The number of para-hydroxylation sites is 1. The predicted molar refractivity (Wildman–Crippen MR) is 85.0 cm³/mol. The second-order valence-electron chi connectivity index (χ2n) is 4.22. The van der Waals surface area contributed by atoms with Crippen molar-refractivity contribution in [3.05, 3.63) is 51.2 Å². The topological polar surface area (TPSA) is 29.9 Å². The number of nitrogens with zero attached hydrogens (tertiary/aromatic N) is 1. The first kappa shape index (κ1) is 13.5. The number of aromatic amines is 1. The third-order valence-corrected chi connectivity index (χ3v) is 3.89. The lowest BCUT2D eigenvalue weighted by Gasteiger charge is -2.08. The van der Waals surface area contributed by atoms with Crippen LogP contribution in [-0.2, 0) is 0 Å². The molecule has 0 amide bonds. The zero-order valence-corrected chi connectivity index (χ0v) is 12.8. The van der Waals surface area contributed by atoms with Crippen molar-refractivity contribution < 1.29 is 4.74 Å². The normalized spacial score (nSPS) is 10.9. The van der Waals surface area contributed by atoms with E-state index in [-0.39, 0.29) is 0 Å². The Morgan fingerprint density at radius 1 is 1.20 bits per heavy atom. The molecular weight excluding hydrogens is 315 g/mol. The molecule has 0 aliphatic heterocycles. The van der Waals surface area contributed by atoms with Gasteiger partial charge in [-0.2, -0.15) is 0 Å². The Labute approximate surface area is 130 Å². The van der Waals surface area contributed by atoms with Gasteiger partial charge in [0.05, 0.1) is 23.3 Å². The minimum Gasteiger partial charge on any atom is -0.494 e. The van der Waals surface area contributed by atoms with Crippen LogP contribution in [0.15, 0.2) is 36.4 Å². The fourth-order valence-corrected chi connectivity index (χ4v) is 2.84. The van der Waals surface area contributed by atoms with Gasteiger partial charge in [-0.25, -0.2) is 0 Å². The van der Waals surface area contributed by atoms with Crippen LogP contribution >= 0.6 is 35.4 Å². The highest BCUT2D eigenvalue weighted by Crippen LogP contribution is 2.31. The van der Waals surface area contributed by atoms with E-state index in [0.29, 0.717) is 14.8 Å². The Balaban J connectivity index is 2.40. The minimum absolute atomic E-state index is 0.536. The van der Waals surface area contributed by atoms with Crippen molar-refractivity contribution in [2.75, 3.05) is 7.11 Å². The van der Waals surface area contributed by atoms with Gasteiger partial charge in [-0.15, -0.1) is 0 Å². The molecule has 3 nitrogen and oxygen atoms in total. The summed E-state index contributed by atoms with van der Waals surface area (Å²) in [6, 6.07) is 11.0. The summed E-state index contributed by atoms with van der Waals surface area (Å²) in [7, 11) is 1.62. The van der Waals surface area contributed by atoms with Crippen molar-refractivity contribution in [1.82, 2.24) is 9.55 Å². The summed E-state index contributed by atoms with van der Waals surface area (Å²) >= 11 is 17.7. The molecular formula is C14H10Cl2N2OS. The lowest BCUT2D eigenvalue weighted by molar-refractivity contribution is 0.419. The summed E-state index contributed by atoms with van der Waals surface area (Å²) in [6.07, 6.45) is 0. The molecule has 3 rings (SSSR count). The third kappa shape index (κ3) is 2.10. The smallest absolute Gasteiger partial charge is 0.182 e. The van der Waals surface area contributed by atoms with Gasteiger partial charge in [0.25, 0.3) is 0 Å². The maximum atomic E-state index is 6.26. The van der Waals surface area contributed by atoms with Gasteiger partial charge in [-0.3, -0.25) is 4.57 Å². The number of H-pyrrole nitrogens is 1. The summed E-state index contributed by atoms with van der Waals surface area (Å²) in [5.74, 6) is 0.727. The number of methoxy groups -OCH3 is 1. The van der Waals surface area contributed by atoms with Gasteiger partial charge in [0, 0.05) is 5.02 Å². The molecule has 3 aromatic rings. The highest BCUT2D eigenvalue weighted by Gasteiger charge is 2.12. The van der Waals surface area contributed by atoms with Crippen LogP contribution in [0.5, 0.6) is 5.75 Å². The average molecular weight is 325 g/mol. The highest BCUT2D eigenvalue weighted by atomic mass is 35.5. The van der Waals surface area contributed by atoms with E-state index in [4.69, 9.17) is 40.2 Å². The fraction of sp³-hybridized carbons (Fsp3) is 0.0714. The van der Waals surface area contributed by atoms with Gasteiger partial charge in [0.2, 0.25) is 0 Å². The summed E-state index contributed by atoms with van der Waals surface area (Å²) in [5, 5.41) is 1.18. The molecule has 1 aromatic heterocycles. The molecule has 2 aromatic carbocycles. The zero-order valence-electron chi connectivity index (χ0n) is 10.5. The van der Waals surface area contributed by atoms with E-state index >= 15 is 0 Å². The molecule has 0 bridgehead atoms. The fourth-order valence-electron chi connectivity index (χ4n) is 2.17. The van der Waals surface area contributed by atoms with Crippen molar-refractivity contribution in [2.45, 2.75) is 0 Å². The highest BCUT2D eigenvalue weighted by molar-refractivity contribution is 7.71. The summed E-state index contributed by atoms with van der Waals surface area (Å²) in [6.45, 7) is 0. The van der Waals surface area contributed by atoms with E-state index in [9.17, 15) is 0 Å². The first-order valence-corrected chi connectivity index (χ1v) is 7.01. The number of ether oxygens (including phenoxy) is 1. The average Bonchev–Trinajstić information content (AvgIpc) is 2.77. The predicted octanol–water partition coefficient (Wildman–Crippen LogP) is 5.00. The molecule has 0 atom stereocenters. The van der Waals surface area contributed by atoms with Crippen molar-refractivity contribution in [3.63, 3.8) is 0 Å². The molecule has 6 heteroatoms. The first-order chi connectivity index (χ1) is 9.61. The SMILES string of the molecule is COc1cccc2c1[nH]c(=S)n2-c1cc(Cl)ccc1Cl. The second-order valence-corrected chi connectivity index (χ2v) is 5.45. The van der Waals surface area contributed by atoms with Crippen LogP contribution in [0, 0.1) is 4.77 Å². The number of hydrogen-bond acceptors (Lipinski definition) is 2. The second kappa shape index (κ2) is 5.13. The summed E-state index contributed by atoms with van der Waals surface area (Å²) in [4.78, 5) is 3.14. The van der Waals surface area contributed by atoms with E-state index in [2.05, 4.69) is 4.98 Å². The molecule has 0 fully saturated rings. The number of aromatic nitrogens is 2. The van der Waals surface area contributed by atoms with Crippen LogP contribution < -0.4 is 4.74 Å². The minimum atomic E-state index is 0.536. The molecule has 0 aliphatic rings. The Morgan fingerprint density at radius 2 is 2.00 bits per heavy atom. The van der Waals surface area contributed by atoms with Crippen LogP contribution in [0.4, 0.5) is 0 Å². The van der Waals surface area contributed by atoms with E-state index in [1.165, 1.54) is 0 Å². The molecule has 0 aliphatic carbocycles. The Bertz CT molecular complexity index is 854. The van der Waals surface area contributed by atoms with Gasteiger partial charge in [-0.05, 0) is 42.5 Å². The molecule has 0 radical (unpaired) electrons. The van der Waals surface area contributed by atoms with E-state index in [0.717, 1.165) is 22.5 Å². The number of benzene rings is 2. The number of rotatable bonds is 2. The van der Waals surface area contributed by atoms with E-state index in [1.807, 2.05) is 22.8 Å². The molecule has 0 saturated heterocycles. The lowest BCUT2D eigenvalue weighted by Crippen LogP contribution is -1.95. The molecule has 0 unspecified atom stereocenters. The standard InChI is InChI=1S/C14H10Cl2N2OS/c1-19-12-4-2-3-10-13(12)17-14(20)18(10)11-7-8(15)5-6-9(11)16/h2-7H,1H3,(H,17,20). The maximum absolute atomic E-state index is 6.26. The molecule has 1 N–H and O–H groups in total. The maximum Gasteiger partial charge on any atom is 0.182 e. The molecule has 0 spiro atoms. The van der Waals surface area contributed by atoms with Crippen LogP contribution in [0.3, 0.4) is 0 Å². The van der Waals surface area contributed by atoms with E-state index in [1.54, 1.807) is 25.3 Å². The van der Waals surface area contributed by atoms with Gasteiger partial charge in [-0.1, -0.05) is 29.3 Å². The Morgan fingerprint density at radius 3 is 2.75 bits per heavy atom. The third-order valence-electron chi connectivity index (χ3n) is 3.05. The molecule has 0 saturated carbocycles. The van der Waals surface area contributed by atoms with Crippen molar-refractivity contribution in [3.8, 4) is 11.4 Å². The van der Waals surface area contributed by atoms with Gasteiger partial charge in [0.1, 0.15) is 11.3 Å². The van der Waals surface area contributed by atoms with Crippen LogP contribution in [0.1, 0.15) is 0 Å². The van der Waals surface area contributed by atoms with Crippen LogP contribution in [-0.4, -0.2) is 16.7 Å². The van der Waals surface area contributed by atoms with Crippen molar-refractivity contribution >= 4 is 46.5 Å². The monoisotopic (exact) mass is 324 g/mol.